The second-order valence-corrected chi connectivity index (χ2v) is 6.56. The van der Waals surface area contributed by atoms with Gasteiger partial charge in [0.25, 0.3) is 0 Å². The number of nitrogens with zero attached hydrogens (tertiary/aromatic N) is 3. The average Bonchev–Trinajstić information content (AvgIpc) is 2.96. The zero-order chi connectivity index (χ0) is 19.6. The number of urea groups is 1. The highest BCUT2D eigenvalue weighted by Crippen LogP contribution is 2.37. The minimum atomic E-state index is -4.47. The second-order valence-electron chi connectivity index (χ2n) is 6.12. The lowest BCUT2D eigenvalue weighted by Crippen LogP contribution is -2.33. The molecule has 2 aromatic rings. The van der Waals surface area contributed by atoms with Gasteiger partial charge in [-0.3, -0.25) is 4.90 Å². The van der Waals surface area contributed by atoms with Gasteiger partial charge in [-0.1, -0.05) is 23.7 Å². The molecule has 3 rings (SSSR count). The molecule has 0 spiro atoms. The summed E-state index contributed by atoms with van der Waals surface area (Å²) in [5.74, 6) is 0. The van der Waals surface area contributed by atoms with Gasteiger partial charge in [-0.2, -0.15) is 18.4 Å². The quantitative estimate of drug-likeness (QED) is 0.711. The first-order valence-corrected chi connectivity index (χ1v) is 8.57. The molecule has 4 nitrogen and oxygen atoms in total. The lowest BCUT2D eigenvalue weighted by molar-refractivity contribution is -0.137. The number of carbonyl (C=O) groups excluding carboxylic acids is 1. The van der Waals surface area contributed by atoms with Crippen LogP contribution in [0.5, 0.6) is 0 Å². The Kier molecular flexibility index (Phi) is 5.29. The fourth-order valence-electron chi connectivity index (χ4n) is 3.09. The minimum absolute atomic E-state index is 0.148. The molecule has 0 aromatic heterocycles. The maximum atomic E-state index is 13.1. The predicted octanol–water partition coefficient (Wildman–Crippen LogP) is 5.26. The Bertz CT molecular complexity index is 877. The number of alkyl halides is 3. The summed E-state index contributed by atoms with van der Waals surface area (Å²) in [6, 6.07) is 12.5. The topological polar surface area (TPSA) is 47.3 Å². The molecule has 27 heavy (non-hydrogen) atoms. The zero-order valence-electron chi connectivity index (χ0n) is 14.1. The molecule has 2 amide bonds. The van der Waals surface area contributed by atoms with E-state index in [-0.39, 0.29) is 25.5 Å². The molecule has 0 bridgehead atoms. The van der Waals surface area contributed by atoms with Crippen LogP contribution in [0.25, 0.3) is 0 Å². The number of amides is 2. The summed E-state index contributed by atoms with van der Waals surface area (Å²) in [6.45, 7) is 0.416. The summed E-state index contributed by atoms with van der Waals surface area (Å²) < 4.78 is 39.3. The summed E-state index contributed by atoms with van der Waals surface area (Å²) in [7, 11) is 0. The first-order valence-electron chi connectivity index (χ1n) is 8.19. The second kappa shape index (κ2) is 7.49. The monoisotopic (exact) mass is 393 g/mol. The molecule has 0 unspecified atom stereocenters. The largest absolute Gasteiger partial charge is 0.416 e. The maximum Gasteiger partial charge on any atom is 0.416 e. The number of hydrogen-bond acceptors (Lipinski definition) is 2. The van der Waals surface area contributed by atoms with Gasteiger partial charge >= 0.3 is 12.2 Å². The summed E-state index contributed by atoms with van der Waals surface area (Å²) >= 11 is 5.90. The molecule has 8 heteroatoms. The standard InChI is InChI=1S/C19H15ClF3N3O/c20-15-5-7-16(8-6-15)26-17(12-25(18(26)27)10-2-9-24)13-3-1-4-14(11-13)19(21,22)23/h1,3-8,11,17H,2,10,12H2/t17-/m1/s1. The lowest BCUT2D eigenvalue weighted by atomic mass is 10.0. The highest BCUT2D eigenvalue weighted by molar-refractivity contribution is 6.30. The van der Waals surface area contributed by atoms with E-state index >= 15 is 0 Å². The van der Waals surface area contributed by atoms with Crippen molar-refractivity contribution in [2.24, 2.45) is 0 Å². The van der Waals surface area contributed by atoms with Crippen LogP contribution >= 0.6 is 11.6 Å². The number of benzene rings is 2. The van der Waals surface area contributed by atoms with Gasteiger partial charge in [-0.15, -0.1) is 0 Å². The zero-order valence-corrected chi connectivity index (χ0v) is 14.8. The summed E-state index contributed by atoms with van der Waals surface area (Å²) in [4.78, 5) is 15.8. The average molecular weight is 394 g/mol. The van der Waals surface area contributed by atoms with Crippen molar-refractivity contribution >= 4 is 23.3 Å². The normalized spacial score (nSPS) is 17.3. The third-order valence-electron chi connectivity index (χ3n) is 4.38. The van der Waals surface area contributed by atoms with Crippen LogP contribution in [-0.4, -0.2) is 24.0 Å². The Morgan fingerprint density at radius 1 is 1.19 bits per heavy atom. The molecule has 1 fully saturated rings. The molecular formula is C19H15ClF3N3O. The molecule has 1 atom stereocenters. The Morgan fingerprint density at radius 3 is 2.52 bits per heavy atom. The van der Waals surface area contributed by atoms with E-state index in [1.165, 1.54) is 15.9 Å². The van der Waals surface area contributed by atoms with Crippen LogP contribution in [-0.2, 0) is 6.18 Å². The molecule has 0 N–H and O–H groups in total. The smallest absolute Gasteiger partial charge is 0.321 e. The molecular weight excluding hydrogens is 379 g/mol. The molecule has 0 saturated carbocycles. The van der Waals surface area contributed by atoms with Gasteiger partial charge in [0.15, 0.2) is 0 Å². The lowest BCUT2D eigenvalue weighted by Gasteiger charge is -2.24. The fourth-order valence-corrected chi connectivity index (χ4v) is 3.22. The van der Waals surface area contributed by atoms with Gasteiger partial charge in [0.1, 0.15) is 0 Å². The molecule has 1 saturated heterocycles. The van der Waals surface area contributed by atoms with Gasteiger partial charge < -0.3 is 4.90 Å². The molecule has 1 aliphatic heterocycles. The Labute approximate surface area is 159 Å². The van der Waals surface area contributed by atoms with Gasteiger partial charge in [0, 0.05) is 23.8 Å². The number of anilines is 1. The van der Waals surface area contributed by atoms with Crippen LogP contribution in [0.15, 0.2) is 48.5 Å². The van der Waals surface area contributed by atoms with Crippen LogP contribution in [0, 0.1) is 11.3 Å². The van der Waals surface area contributed by atoms with Crippen molar-refractivity contribution in [2.75, 3.05) is 18.0 Å². The summed E-state index contributed by atoms with van der Waals surface area (Å²) in [5.41, 5.74) is 0.151. The van der Waals surface area contributed by atoms with Crippen LogP contribution in [0.4, 0.5) is 23.7 Å². The molecule has 0 radical (unpaired) electrons. The van der Waals surface area contributed by atoms with E-state index in [1.54, 1.807) is 30.3 Å². The van der Waals surface area contributed by atoms with Crippen LogP contribution in [0.2, 0.25) is 5.02 Å². The number of carbonyl (C=O) groups is 1. The third-order valence-corrected chi connectivity index (χ3v) is 4.63. The summed E-state index contributed by atoms with van der Waals surface area (Å²) in [6.07, 6.45) is -4.32. The number of hydrogen-bond donors (Lipinski definition) is 0. The molecule has 1 aliphatic rings. The van der Waals surface area contributed by atoms with Gasteiger partial charge in [-0.05, 0) is 42.0 Å². The Hall–Kier alpha value is -2.72. The number of halogens is 4. The van der Waals surface area contributed by atoms with Crippen molar-refractivity contribution in [3.05, 3.63) is 64.7 Å². The first-order chi connectivity index (χ1) is 12.8. The van der Waals surface area contributed by atoms with E-state index in [9.17, 15) is 18.0 Å². The van der Waals surface area contributed by atoms with Crippen molar-refractivity contribution in [2.45, 2.75) is 18.6 Å². The third kappa shape index (κ3) is 4.01. The predicted molar refractivity (Wildman–Crippen MR) is 95.3 cm³/mol. The van der Waals surface area contributed by atoms with E-state index in [4.69, 9.17) is 16.9 Å². The van der Waals surface area contributed by atoms with Crippen molar-refractivity contribution < 1.29 is 18.0 Å². The fraction of sp³-hybridized carbons (Fsp3) is 0.263. The van der Waals surface area contributed by atoms with Crippen LogP contribution in [0.1, 0.15) is 23.6 Å². The van der Waals surface area contributed by atoms with Gasteiger partial charge in [0.2, 0.25) is 0 Å². The Morgan fingerprint density at radius 2 is 1.89 bits per heavy atom. The SMILES string of the molecule is N#CCCN1C[C@H](c2cccc(C(F)(F)F)c2)N(c2ccc(Cl)cc2)C1=O. The van der Waals surface area contributed by atoms with E-state index in [2.05, 4.69) is 0 Å². The van der Waals surface area contributed by atoms with E-state index in [1.807, 2.05) is 6.07 Å². The maximum absolute atomic E-state index is 13.1. The summed E-state index contributed by atoms with van der Waals surface area (Å²) in [5, 5.41) is 9.28. The number of rotatable bonds is 4. The Balaban J connectivity index is 2.01. The van der Waals surface area contributed by atoms with Gasteiger partial charge in [-0.25, -0.2) is 4.79 Å². The van der Waals surface area contributed by atoms with Crippen LogP contribution < -0.4 is 4.90 Å². The molecule has 140 valence electrons. The van der Waals surface area contributed by atoms with E-state index in [0.717, 1.165) is 12.1 Å². The van der Waals surface area contributed by atoms with E-state index in [0.29, 0.717) is 16.3 Å². The van der Waals surface area contributed by atoms with Crippen molar-refractivity contribution in [3.8, 4) is 6.07 Å². The molecule has 1 heterocycles. The van der Waals surface area contributed by atoms with E-state index < -0.39 is 17.8 Å². The minimum Gasteiger partial charge on any atom is -0.321 e. The highest BCUT2D eigenvalue weighted by atomic mass is 35.5. The van der Waals surface area contributed by atoms with Gasteiger partial charge in [0.05, 0.1) is 24.1 Å². The van der Waals surface area contributed by atoms with Crippen molar-refractivity contribution in [1.82, 2.24) is 4.90 Å². The number of nitriles is 1. The molecule has 0 aliphatic carbocycles. The van der Waals surface area contributed by atoms with Crippen molar-refractivity contribution in [3.63, 3.8) is 0 Å². The van der Waals surface area contributed by atoms with Crippen molar-refractivity contribution in [1.29, 1.82) is 5.26 Å². The van der Waals surface area contributed by atoms with Crippen LogP contribution in [0.3, 0.4) is 0 Å². The highest BCUT2D eigenvalue weighted by Gasteiger charge is 2.40. The first kappa shape index (κ1) is 19.1. The molecule has 2 aromatic carbocycles.